The molecule has 1 aromatic rings. The fourth-order valence-electron chi connectivity index (χ4n) is 1.26. The van der Waals surface area contributed by atoms with Crippen LogP contribution in [0.2, 0.25) is 0 Å². The summed E-state index contributed by atoms with van der Waals surface area (Å²) in [6.07, 6.45) is 0.675. The lowest BCUT2D eigenvalue weighted by Gasteiger charge is -1.93. The summed E-state index contributed by atoms with van der Waals surface area (Å²) in [5.74, 6) is -0.505. The molecule has 1 aromatic heterocycles. The number of hydrogen-bond acceptors (Lipinski definition) is 2. The quantitative estimate of drug-likeness (QED) is 0.629. The van der Waals surface area contributed by atoms with Gasteiger partial charge in [-0.25, -0.2) is 0 Å². The molecule has 3 N–H and O–H groups in total. The maximum Gasteiger partial charge on any atom is 0.250 e. The van der Waals surface area contributed by atoms with Crippen molar-refractivity contribution in [2.45, 2.75) is 13.8 Å². The van der Waals surface area contributed by atoms with E-state index < -0.39 is 5.91 Å². The first kappa shape index (κ1) is 8.52. The Kier molecular flexibility index (Phi) is 1.99. The number of aryl methyl sites for hydroxylation is 1. The van der Waals surface area contributed by atoms with Gasteiger partial charge in [0.1, 0.15) is 0 Å². The molecule has 0 spiro atoms. The third-order valence-electron chi connectivity index (χ3n) is 1.84. The fraction of sp³-hybridized carbons (Fsp3) is 0.250. The average Bonchev–Trinajstić information content (AvgIpc) is 2.25. The number of aromatic amines is 1. The highest BCUT2D eigenvalue weighted by atomic mass is 16.1. The summed E-state index contributed by atoms with van der Waals surface area (Å²) in [5.41, 5.74) is 7.20. The van der Waals surface area contributed by atoms with Crippen LogP contribution in [0.1, 0.15) is 32.1 Å². The van der Waals surface area contributed by atoms with Gasteiger partial charge in [-0.05, 0) is 19.4 Å². The summed E-state index contributed by atoms with van der Waals surface area (Å²) in [4.78, 5) is 24.1. The Labute approximate surface area is 69.8 Å². The van der Waals surface area contributed by atoms with Crippen molar-refractivity contribution in [2.24, 2.45) is 5.73 Å². The van der Waals surface area contributed by atoms with Crippen LogP contribution in [0.4, 0.5) is 0 Å². The Balaban J connectivity index is 3.37. The van der Waals surface area contributed by atoms with Crippen molar-refractivity contribution in [3.63, 3.8) is 0 Å². The molecule has 0 atom stereocenters. The molecule has 4 nitrogen and oxygen atoms in total. The van der Waals surface area contributed by atoms with Crippen LogP contribution in [0.5, 0.6) is 0 Å². The summed E-state index contributed by atoms with van der Waals surface area (Å²) in [6, 6.07) is 0. The highest BCUT2D eigenvalue weighted by molar-refractivity contribution is 5.97. The van der Waals surface area contributed by atoms with Crippen molar-refractivity contribution in [2.75, 3.05) is 0 Å². The van der Waals surface area contributed by atoms with Gasteiger partial charge in [-0.2, -0.15) is 0 Å². The molecule has 0 fully saturated rings. The first-order valence-electron chi connectivity index (χ1n) is 3.52. The van der Waals surface area contributed by atoms with Gasteiger partial charge in [0.2, 0.25) is 0 Å². The number of primary amides is 1. The third kappa shape index (κ3) is 1.11. The van der Waals surface area contributed by atoms with E-state index in [0.717, 1.165) is 0 Å². The minimum Gasteiger partial charge on any atom is -0.366 e. The Morgan fingerprint density at radius 2 is 2.08 bits per heavy atom. The standard InChI is InChI=1S/C8H10N2O2/c1-4-6(3-11)10-5(2)7(4)8(9)12/h3,10H,1-2H3,(H2,9,12). The van der Waals surface area contributed by atoms with E-state index in [0.29, 0.717) is 28.8 Å². The van der Waals surface area contributed by atoms with Gasteiger partial charge in [0.15, 0.2) is 6.29 Å². The smallest absolute Gasteiger partial charge is 0.250 e. The van der Waals surface area contributed by atoms with Crippen LogP contribution in [0.25, 0.3) is 0 Å². The highest BCUT2D eigenvalue weighted by Crippen LogP contribution is 2.15. The van der Waals surface area contributed by atoms with E-state index in [1.165, 1.54) is 0 Å². The highest BCUT2D eigenvalue weighted by Gasteiger charge is 2.14. The van der Waals surface area contributed by atoms with Crippen LogP contribution in [0.15, 0.2) is 0 Å². The van der Waals surface area contributed by atoms with Crippen molar-refractivity contribution in [3.05, 3.63) is 22.5 Å². The first-order chi connectivity index (χ1) is 5.57. The van der Waals surface area contributed by atoms with E-state index in [2.05, 4.69) is 4.98 Å². The maximum absolute atomic E-state index is 10.9. The number of H-pyrrole nitrogens is 1. The van der Waals surface area contributed by atoms with Crippen molar-refractivity contribution >= 4 is 12.2 Å². The number of carbonyl (C=O) groups is 2. The number of nitrogens with two attached hydrogens (primary N) is 1. The zero-order valence-corrected chi connectivity index (χ0v) is 6.97. The molecule has 1 rings (SSSR count). The summed E-state index contributed by atoms with van der Waals surface area (Å²) in [5, 5.41) is 0. The van der Waals surface area contributed by atoms with Gasteiger partial charge < -0.3 is 10.7 Å². The Morgan fingerprint density at radius 1 is 1.50 bits per heavy atom. The van der Waals surface area contributed by atoms with Crippen LogP contribution in [0.3, 0.4) is 0 Å². The Hall–Kier alpha value is -1.58. The van der Waals surface area contributed by atoms with Crippen molar-refractivity contribution < 1.29 is 9.59 Å². The summed E-state index contributed by atoms with van der Waals surface area (Å²) < 4.78 is 0. The average molecular weight is 166 g/mol. The van der Waals surface area contributed by atoms with Crippen LogP contribution < -0.4 is 5.73 Å². The molecule has 0 unspecified atom stereocenters. The molecule has 1 heterocycles. The maximum atomic E-state index is 10.9. The van der Waals surface area contributed by atoms with E-state index >= 15 is 0 Å². The van der Waals surface area contributed by atoms with E-state index in [1.807, 2.05) is 0 Å². The molecule has 0 bridgehead atoms. The molecular formula is C8H10N2O2. The molecule has 0 aliphatic heterocycles. The molecule has 1 amide bonds. The second kappa shape index (κ2) is 2.81. The summed E-state index contributed by atoms with van der Waals surface area (Å²) in [7, 11) is 0. The molecule has 0 radical (unpaired) electrons. The first-order valence-corrected chi connectivity index (χ1v) is 3.52. The van der Waals surface area contributed by atoms with Gasteiger partial charge in [-0.15, -0.1) is 0 Å². The predicted molar refractivity (Wildman–Crippen MR) is 44.2 cm³/mol. The SMILES string of the molecule is Cc1[nH]c(C=O)c(C)c1C(N)=O. The second-order valence-electron chi connectivity index (χ2n) is 2.65. The van der Waals surface area contributed by atoms with Gasteiger partial charge in [0, 0.05) is 5.69 Å². The molecule has 0 aliphatic carbocycles. The van der Waals surface area contributed by atoms with E-state index in [9.17, 15) is 9.59 Å². The zero-order chi connectivity index (χ0) is 9.30. The molecular weight excluding hydrogens is 156 g/mol. The predicted octanol–water partition coefficient (Wildman–Crippen LogP) is 0.543. The van der Waals surface area contributed by atoms with E-state index in [-0.39, 0.29) is 0 Å². The van der Waals surface area contributed by atoms with Gasteiger partial charge in [-0.1, -0.05) is 0 Å². The molecule has 0 saturated carbocycles. The summed E-state index contributed by atoms with van der Waals surface area (Å²) in [6.45, 7) is 3.40. The lowest BCUT2D eigenvalue weighted by Crippen LogP contribution is -2.12. The van der Waals surface area contributed by atoms with Crippen LogP contribution in [0, 0.1) is 13.8 Å². The minimum atomic E-state index is -0.505. The molecule has 4 heteroatoms. The van der Waals surface area contributed by atoms with E-state index in [1.54, 1.807) is 13.8 Å². The van der Waals surface area contributed by atoms with E-state index in [4.69, 9.17) is 5.73 Å². The van der Waals surface area contributed by atoms with Gasteiger partial charge >= 0.3 is 0 Å². The van der Waals surface area contributed by atoms with Crippen molar-refractivity contribution in [3.8, 4) is 0 Å². The Morgan fingerprint density at radius 3 is 2.33 bits per heavy atom. The number of hydrogen-bond donors (Lipinski definition) is 2. The lowest BCUT2D eigenvalue weighted by molar-refractivity contribution is 0.0999. The number of aldehydes is 1. The molecule has 12 heavy (non-hydrogen) atoms. The number of rotatable bonds is 2. The molecule has 64 valence electrons. The summed E-state index contributed by atoms with van der Waals surface area (Å²) >= 11 is 0. The molecule has 0 saturated heterocycles. The lowest BCUT2D eigenvalue weighted by atomic mass is 10.1. The normalized spacial score (nSPS) is 9.83. The number of aromatic nitrogens is 1. The largest absolute Gasteiger partial charge is 0.366 e. The molecule has 0 aliphatic rings. The van der Waals surface area contributed by atoms with Gasteiger partial charge in [0.25, 0.3) is 5.91 Å². The number of carbonyl (C=O) groups excluding carboxylic acids is 2. The number of amides is 1. The van der Waals surface area contributed by atoms with Crippen LogP contribution in [-0.2, 0) is 0 Å². The van der Waals surface area contributed by atoms with Gasteiger partial charge in [-0.3, -0.25) is 9.59 Å². The fourth-order valence-corrected chi connectivity index (χ4v) is 1.26. The van der Waals surface area contributed by atoms with Crippen molar-refractivity contribution in [1.82, 2.24) is 4.98 Å². The number of nitrogens with one attached hydrogen (secondary N) is 1. The minimum absolute atomic E-state index is 0.414. The topological polar surface area (TPSA) is 75.9 Å². The Bertz CT molecular complexity index is 339. The second-order valence-corrected chi connectivity index (χ2v) is 2.65. The monoisotopic (exact) mass is 166 g/mol. The van der Waals surface area contributed by atoms with Crippen LogP contribution in [-0.4, -0.2) is 17.2 Å². The van der Waals surface area contributed by atoms with Gasteiger partial charge in [0.05, 0.1) is 11.3 Å². The third-order valence-corrected chi connectivity index (χ3v) is 1.84. The molecule has 0 aromatic carbocycles. The van der Waals surface area contributed by atoms with Crippen molar-refractivity contribution in [1.29, 1.82) is 0 Å². The van der Waals surface area contributed by atoms with Crippen LogP contribution >= 0.6 is 0 Å². The zero-order valence-electron chi connectivity index (χ0n) is 6.97.